The second-order valence-electron chi connectivity index (χ2n) is 3.23. The highest BCUT2D eigenvalue weighted by Crippen LogP contribution is 2.30. The molecule has 0 amide bonds. The molecule has 1 rings (SSSR count). The number of hydrogen-bond acceptors (Lipinski definition) is 3. The number of halogens is 1. The second-order valence-corrected chi connectivity index (χ2v) is 4.09. The number of aliphatic hydroxyl groups excluding tert-OH is 1. The second kappa shape index (κ2) is 4.77. The molecule has 0 saturated carbocycles. The molecule has 3 N–H and O–H groups in total. The summed E-state index contributed by atoms with van der Waals surface area (Å²) in [5, 5.41) is 22.1. The summed E-state index contributed by atoms with van der Waals surface area (Å²) in [6.45, 7) is 2.31. The predicted octanol–water partition coefficient (Wildman–Crippen LogP) is 1.72. The zero-order valence-electron chi connectivity index (χ0n) is 8.21. The molecular formula is C10H14BrNO2. The summed E-state index contributed by atoms with van der Waals surface area (Å²) in [7, 11) is 1.75. The minimum Gasteiger partial charge on any atom is -0.508 e. The largest absolute Gasteiger partial charge is 0.508 e. The number of hydrogen-bond donors (Lipinski definition) is 3. The predicted molar refractivity (Wildman–Crippen MR) is 59.4 cm³/mol. The Hall–Kier alpha value is -0.580. The van der Waals surface area contributed by atoms with Crippen molar-refractivity contribution in [3.8, 4) is 5.75 Å². The van der Waals surface area contributed by atoms with Gasteiger partial charge in [-0.3, -0.25) is 0 Å². The first-order valence-corrected chi connectivity index (χ1v) is 5.17. The van der Waals surface area contributed by atoms with E-state index in [1.54, 1.807) is 19.2 Å². The normalized spacial score (nSPS) is 12.9. The topological polar surface area (TPSA) is 52.5 Å². The molecule has 0 fully saturated rings. The zero-order chi connectivity index (χ0) is 10.7. The SMILES string of the molecule is CNCC(O)c1cc(Br)c(C)cc1O. The summed E-state index contributed by atoms with van der Waals surface area (Å²) >= 11 is 3.36. The minimum atomic E-state index is -0.683. The first kappa shape index (κ1) is 11.5. The lowest BCUT2D eigenvalue weighted by molar-refractivity contribution is 0.174. The molecule has 0 radical (unpaired) electrons. The van der Waals surface area contributed by atoms with E-state index in [4.69, 9.17) is 0 Å². The van der Waals surface area contributed by atoms with E-state index >= 15 is 0 Å². The van der Waals surface area contributed by atoms with Crippen molar-refractivity contribution in [1.82, 2.24) is 5.32 Å². The van der Waals surface area contributed by atoms with Gasteiger partial charge in [-0.25, -0.2) is 0 Å². The van der Waals surface area contributed by atoms with E-state index in [1.165, 1.54) is 0 Å². The molecule has 14 heavy (non-hydrogen) atoms. The molecule has 0 spiro atoms. The third-order valence-corrected chi connectivity index (χ3v) is 2.92. The average Bonchev–Trinajstić information content (AvgIpc) is 2.11. The Morgan fingerprint density at radius 2 is 2.14 bits per heavy atom. The summed E-state index contributed by atoms with van der Waals surface area (Å²) in [6.07, 6.45) is -0.683. The molecule has 0 bridgehead atoms. The summed E-state index contributed by atoms with van der Waals surface area (Å²) in [6, 6.07) is 3.38. The van der Waals surface area contributed by atoms with E-state index in [0.717, 1.165) is 10.0 Å². The van der Waals surface area contributed by atoms with Crippen LogP contribution in [0.4, 0.5) is 0 Å². The summed E-state index contributed by atoms with van der Waals surface area (Å²) in [4.78, 5) is 0. The molecule has 1 aromatic rings. The monoisotopic (exact) mass is 259 g/mol. The first-order valence-electron chi connectivity index (χ1n) is 4.38. The maximum atomic E-state index is 9.67. The smallest absolute Gasteiger partial charge is 0.121 e. The molecule has 78 valence electrons. The summed E-state index contributed by atoms with van der Waals surface area (Å²) in [5.74, 6) is 0.133. The van der Waals surface area contributed by atoms with Crippen LogP contribution in [0.3, 0.4) is 0 Å². The lowest BCUT2D eigenvalue weighted by atomic mass is 10.1. The number of benzene rings is 1. The van der Waals surface area contributed by atoms with Crippen LogP contribution in [0, 0.1) is 6.92 Å². The molecule has 3 nitrogen and oxygen atoms in total. The number of likely N-dealkylation sites (N-methyl/N-ethyl adjacent to an activating group) is 1. The van der Waals surface area contributed by atoms with Gasteiger partial charge in [0.05, 0.1) is 6.10 Å². The fourth-order valence-electron chi connectivity index (χ4n) is 1.25. The number of phenolic OH excluding ortho intramolecular Hbond substituents is 1. The third-order valence-electron chi connectivity index (χ3n) is 2.06. The van der Waals surface area contributed by atoms with E-state index in [0.29, 0.717) is 12.1 Å². The zero-order valence-corrected chi connectivity index (χ0v) is 9.80. The molecule has 1 unspecified atom stereocenters. The van der Waals surface area contributed by atoms with Gasteiger partial charge in [-0.1, -0.05) is 15.9 Å². The van der Waals surface area contributed by atoms with Gasteiger partial charge in [0.1, 0.15) is 5.75 Å². The summed E-state index contributed by atoms with van der Waals surface area (Å²) < 4.78 is 0.889. The number of nitrogens with one attached hydrogen (secondary N) is 1. The van der Waals surface area contributed by atoms with Gasteiger partial charge < -0.3 is 15.5 Å². The molecule has 0 aliphatic rings. The van der Waals surface area contributed by atoms with Gasteiger partial charge in [0.15, 0.2) is 0 Å². The Bertz CT molecular complexity index is 328. The molecule has 1 atom stereocenters. The molecule has 0 heterocycles. The standard InChI is InChI=1S/C10H14BrNO2/c1-6-3-9(13)7(4-8(6)11)10(14)5-12-2/h3-4,10,12-14H,5H2,1-2H3. The number of phenols is 1. The maximum Gasteiger partial charge on any atom is 0.121 e. The van der Waals surface area contributed by atoms with Crippen molar-refractivity contribution >= 4 is 15.9 Å². The van der Waals surface area contributed by atoms with E-state index in [-0.39, 0.29) is 5.75 Å². The van der Waals surface area contributed by atoms with E-state index < -0.39 is 6.10 Å². The summed E-state index contributed by atoms with van der Waals surface area (Å²) in [5.41, 5.74) is 1.49. The highest BCUT2D eigenvalue weighted by Gasteiger charge is 2.12. The fraction of sp³-hybridized carbons (Fsp3) is 0.400. The van der Waals surface area contributed by atoms with Gasteiger partial charge in [0, 0.05) is 16.6 Å². The highest BCUT2D eigenvalue weighted by molar-refractivity contribution is 9.10. The number of aliphatic hydroxyl groups is 1. The van der Waals surface area contributed by atoms with Crippen LogP contribution < -0.4 is 5.32 Å². The van der Waals surface area contributed by atoms with Crippen LogP contribution in [-0.2, 0) is 0 Å². The van der Waals surface area contributed by atoms with E-state index in [1.807, 2.05) is 6.92 Å². The van der Waals surface area contributed by atoms with Gasteiger partial charge >= 0.3 is 0 Å². The Morgan fingerprint density at radius 3 is 2.71 bits per heavy atom. The van der Waals surface area contributed by atoms with Crippen LogP contribution in [0.1, 0.15) is 17.2 Å². The van der Waals surface area contributed by atoms with Crippen molar-refractivity contribution in [2.45, 2.75) is 13.0 Å². The number of aryl methyl sites for hydroxylation is 1. The highest BCUT2D eigenvalue weighted by atomic mass is 79.9. The lowest BCUT2D eigenvalue weighted by Crippen LogP contribution is -2.16. The minimum absolute atomic E-state index is 0.133. The van der Waals surface area contributed by atoms with Gasteiger partial charge in [0.2, 0.25) is 0 Å². The average molecular weight is 260 g/mol. The molecule has 0 saturated heterocycles. The molecule has 1 aromatic carbocycles. The van der Waals surface area contributed by atoms with Gasteiger partial charge in [-0.15, -0.1) is 0 Å². The van der Waals surface area contributed by atoms with Crippen molar-refractivity contribution in [2.75, 3.05) is 13.6 Å². The van der Waals surface area contributed by atoms with Gasteiger partial charge in [0.25, 0.3) is 0 Å². The van der Waals surface area contributed by atoms with Crippen LogP contribution in [0.5, 0.6) is 5.75 Å². The first-order chi connectivity index (χ1) is 6.56. The molecule has 0 aliphatic heterocycles. The Kier molecular flexibility index (Phi) is 3.92. The number of rotatable bonds is 3. The molecule has 0 aliphatic carbocycles. The Balaban J connectivity index is 3.02. The van der Waals surface area contributed by atoms with Crippen molar-refractivity contribution in [2.24, 2.45) is 0 Å². The van der Waals surface area contributed by atoms with Crippen molar-refractivity contribution in [3.05, 3.63) is 27.7 Å². The Labute approximate surface area is 91.9 Å². The molecule has 0 aromatic heterocycles. The number of aromatic hydroxyl groups is 1. The fourth-order valence-corrected chi connectivity index (χ4v) is 1.61. The molecule has 4 heteroatoms. The van der Waals surface area contributed by atoms with Crippen LogP contribution in [0.15, 0.2) is 16.6 Å². The quantitative estimate of drug-likeness (QED) is 0.775. The van der Waals surface area contributed by atoms with Crippen LogP contribution in [-0.4, -0.2) is 23.8 Å². The van der Waals surface area contributed by atoms with Crippen LogP contribution in [0.2, 0.25) is 0 Å². The van der Waals surface area contributed by atoms with Crippen molar-refractivity contribution < 1.29 is 10.2 Å². The van der Waals surface area contributed by atoms with Gasteiger partial charge in [-0.2, -0.15) is 0 Å². The van der Waals surface area contributed by atoms with Crippen molar-refractivity contribution in [3.63, 3.8) is 0 Å². The van der Waals surface area contributed by atoms with Crippen LogP contribution in [0.25, 0.3) is 0 Å². The molecular weight excluding hydrogens is 246 g/mol. The third kappa shape index (κ3) is 2.47. The van der Waals surface area contributed by atoms with E-state index in [9.17, 15) is 10.2 Å². The maximum absolute atomic E-state index is 9.67. The van der Waals surface area contributed by atoms with Crippen molar-refractivity contribution in [1.29, 1.82) is 0 Å². The lowest BCUT2D eigenvalue weighted by Gasteiger charge is -2.13. The Morgan fingerprint density at radius 1 is 1.50 bits per heavy atom. The van der Waals surface area contributed by atoms with Gasteiger partial charge in [-0.05, 0) is 31.7 Å². The van der Waals surface area contributed by atoms with Crippen LogP contribution >= 0.6 is 15.9 Å². The van der Waals surface area contributed by atoms with E-state index in [2.05, 4.69) is 21.2 Å².